The van der Waals surface area contributed by atoms with Crippen molar-refractivity contribution in [2.75, 3.05) is 5.32 Å². The van der Waals surface area contributed by atoms with Crippen LogP contribution in [0.25, 0.3) is 0 Å². The van der Waals surface area contributed by atoms with Gasteiger partial charge in [0, 0.05) is 30.2 Å². The maximum Gasteiger partial charge on any atom is 0.207 e. The van der Waals surface area contributed by atoms with E-state index in [-0.39, 0.29) is 0 Å². The smallest absolute Gasteiger partial charge is 0.207 e. The molecule has 92 valence electrons. The van der Waals surface area contributed by atoms with Gasteiger partial charge in [0.15, 0.2) is 0 Å². The van der Waals surface area contributed by atoms with Gasteiger partial charge in [-0.2, -0.15) is 9.47 Å². The fourth-order valence-corrected chi connectivity index (χ4v) is 2.07. The quantitative estimate of drug-likeness (QED) is 0.887. The molecule has 17 heavy (non-hydrogen) atoms. The van der Waals surface area contributed by atoms with Gasteiger partial charge in [0.05, 0.1) is 11.9 Å². The van der Waals surface area contributed by atoms with Crippen LogP contribution < -0.4 is 5.32 Å². The van der Waals surface area contributed by atoms with Crippen molar-refractivity contribution in [3.63, 3.8) is 0 Å². The van der Waals surface area contributed by atoms with Gasteiger partial charge in [0.1, 0.15) is 5.82 Å². The Morgan fingerprint density at radius 2 is 2.29 bits per heavy atom. The van der Waals surface area contributed by atoms with Crippen molar-refractivity contribution in [1.82, 2.24) is 19.1 Å². The monoisotopic (exact) mass is 251 g/mol. The van der Waals surface area contributed by atoms with E-state index in [1.807, 2.05) is 10.9 Å². The van der Waals surface area contributed by atoms with Crippen LogP contribution in [0.5, 0.6) is 0 Å². The van der Waals surface area contributed by atoms with Crippen LogP contribution in [-0.4, -0.2) is 19.1 Å². The highest BCUT2D eigenvalue weighted by Crippen LogP contribution is 2.19. The van der Waals surface area contributed by atoms with Crippen LogP contribution in [0.15, 0.2) is 12.4 Å². The molecule has 0 aromatic carbocycles. The van der Waals surface area contributed by atoms with Crippen molar-refractivity contribution in [3.8, 4) is 0 Å². The van der Waals surface area contributed by atoms with E-state index in [0.29, 0.717) is 6.04 Å². The molecule has 0 aliphatic carbocycles. The van der Waals surface area contributed by atoms with Crippen molar-refractivity contribution >= 4 is 22.4 Å². The number of anilines is 2. The molecule has 0 fully saturated rings. The molecule has 2 aromatic heterocycles. The van der Waals surface area contributed by atoms with Crippen LogP contribution in [0.3, 0.4) is 0 Å². The summed E-state index contributed by atoms with van der Waals surface area (Å²) in [5.74, 6) is 0.913. The normalized spacial score (nSPS) is 11.1. The SMILES string of the molecule is CCCc1nsc(Nc2cnn(C(C)C)c2)n1. The van der Waals surface area contributed by atoms with Crippen molar-refractivity contribution < 1.29 is 0 Å². The highest BCUT2D eigenvalue weighted by atomic mass is 32.1. The number of rotatable bonds is 5. The number of aromatic nitrogens is 4. The summed E-state index contributed by atoms with van der Waals surface area (Å²) in [6.07, 6.45) is 5.79. The minimum Gasteiger partial charge on any atom is -0.328 e. The summed E-state index contributed by atoms with van der Waals surface area (Å²) in [6, 6.07) is 0.371. The summed E-state index contributed by atoms with van der Waals surface area (Å²) in [5, 5.41) is 8.32. The Bertz CT molecular complexity index is 474. The summed E-state index contributed by atoms with van der Waals surface area (Å²) in [7, 11) is 0. The van der Waals surface area contributed by atoms with E-state index in [2.05, 4.69) is 40.5 Å². The lowest BCUT2D eigenvalue weighted by atomic mass is 10.3. The molecule has 0 unspecified atom stereocenters. The minimum absolute atomic E-state index is 0.371. The maximum absolute atomic E-state index is 4.41. The Hall–Kier alpha value is -1.43. The standard InChI is InChI=1S/C11H17N5S/c1-4-5-10-14-11(17-15-10)13-9-6-12-16(7-9)8(2)3/h6-8H,4-5H2,1-3H3,(H,13,14,15). The average Bonchev–Trinajstić information content (AvgIpc) is 2.89. The first kappa shape index (κ1) is 12.0. The van der Waals surface area contributed by atoms with Gasteiger partial charge in [-0.15, -0.1) is 0 Å². The van der Waals surface area contributed by atoms with Gasteiger partial charge in [-0.25, -0.2) is 4.98 Å². The van der Waals surface area contributed by atoms with Gasteiger partial charge >= 0.3 is 0 Å². The Labute approximate surface area is 105 Å². The second kappa shape index (κ2) is 5.27. The summed E-state index contributed by atoms with van der Waals surface area (Å²) in [6.45, 7) is 6.32. The van der Waals surface area contributed by atoms with Gasteiger partial charge in [0.2, 0.25) is 5.13 Å². The van der Waals surface area contributed by atoms with Crippen molar-refractivity contribution in [1.29, 1.82) is 0 Å². The fraction of sp³-hybridized carbons (Fsp3) is 0.545. The van der Waals surface area contributed by atoms with E-state index >= 15 is 0 Å². The molecule has 0 aliphatic heterocycles. The van der Waals surface area contributed by atoms with E-state index in [4.69, 9.17) is 0 Å². The molecule has 0 atom stereocenters. The van der Waals surface area contributed by atoms with E-state index < -0.39 is 0 Å². The number of hydrogen-bond donors (Lipinski definition) is 1. The molecule has 5 nitrogen and oxygen atoms in total. The third-order valence-corrected chi connectivity index (χ3v) is 2.99. The first-order valence-corrected chi connectivity index (χ1v) is 6.60. The highest BCUT2D eigenvalue weighted by Gasteiger charge is 2.06. The predicted octanol–water partition coefficient (Wildman–Crippen LogP) is 3.01. The molecule has 2 aromatic rings. The van der Waals surface area contributed by atoms with Crippen LogP contribution in [-0.2, 0) is 6.42 Å². The Morgan fingerprint density at radius 3 is 2.94 bits per heavy atom. The highest BCUT2D eigenvalue weighted by molar-refractivity contribution is 7.09. The zero-order chi connectivity index (χ0) is 12.3. The Morgan fingerprint density at radius 1 is 1.47 bits per heavy atom. The Balaban J connectivity index is 2.03. The molecular formula is C11H17N5S. The zero-order valence-corrected chi connectivity index (χ0v) is 11.2. The van der Waals surface area contributed by atoms with Crippen LogP contribution in [0.2, 0.25) is 0 Å². The molecule has 2 heterocycles. The molecule has 2 rings (SSSR count). The number of nitrogens with one attached hydrogen (secondary N) is 1. The average molecular weight is 251 g/mol. The first-order chi connectivity index (χ1) is 8.19. The van der Waals surface area contributed by atoms with Gasteiger partial charge in [-0.3, -0.25) is 4.68 Å². The van der Waals surface area contributed by atoms with Gasteiger partial charge in [0.25, 0.3) is 0 Å². The third-order valence-electron chi connectivity index (χ3n) is 2.32. The van der Waals surface area contributed by atoms with Crippen molar-refractivity contribution in [3.05, 3.63) is 18.2 Å². The first-order valence-electron chi connectivity index (χ1n) is 5.82. The molecule has 0 aliphatic rings. The lowest BCUT2D eigenvalue weighted by Crippen LogP contribution is -1.99. The van der Waals surface area contributed by atoms with Crippen molar-refractivity contribution in [2.45, 2.75) is 39.7 Å². The lowest BCUT2D eigenvalue weighted by Gasteiger charge is -2.02. The molecule has 6 heteroatoms. The maximum atomic E-state index is 4.41. The second-order valence-electron chi connectivity index (χ2n) is 4.19. The molecule has 0 radical (unpaired) electrons. The van der Waals surface area contributed by atoms with E-state index in [0.717, 1.165) is 29.5 Å². The van der Waals surface area contributed by atoms with E-state index in [1.54, 1.807) is 6.20 Å². The largest absolute Gasteiger partial charge is 0.328 e. The summed E-state index contributed by atoms with van der Waals surface area (Å²) in [5.41, 5.74) is 0.956. The zero-order valence-electron chi connectivity index (χ0n) is 10.3. The van der Waals surface area contributed by atoms with Gasteiger partial charge in [-0.1, -0.05) is 6.92 Å². The summed E-state index contributed by atoms with van der Waals surface area (Å²) < 4.78 is 6.20. The van der Waals surface area contributed by atoms with E-state index in [9.17, 15) is 0 Å². The number of nitrogens with zero attached hydrogens (tertiary/aromatic N) is 4. The van der Waals surface area contributed by atoms with Crippen LogP contribution in [0, 0.1) is 0 Å². The van der Waals surface area contributed by atoms with Crippen LogP contribution in [0.4, 0.5) is 10.8 Å². The predicted molar refractivity (Wildman–Crippen MR) is 69.8 cm³/mol. The molecule has 0 bridgehead atoms. The van der Waals surface area contributed by atoms with Crippen LogP contribution in [0.1, 0.15) is 39.1 Å². The summed E-state index contributed by atoms with van der Waals surface area (Å²) >= 11 is 1.39. The van der Waals surface area contributed by atoms with Gasteiger partial charge in [-0.05, 0) is 20.3 Å². The van der Waals surface area contributed by atoms with Crippen LogP contribution >= 0.6 is 11.5 Å². The fourth-order valence-electron chi connectivity index (χ4n) is 1.44. The van der Waals surface area contributed by atoms with Gasteiger partial charge < -0.3 is 5.32 Å². The lowest BCUT2D eigenvalue weighted by molar-refractivity contribution is 0.532. The molecule has 0 saturated heterocycles. The topological polar surface area (TPSA) is 55.6 Å². The number of hydrogen-bond acceptors (Lipinski definition) is 5. The molecule has 0 amide bonds. The second-order valence-corrected chi connectivity index (χ2v) is 4.95. The third kappa shape index (κ3) is 3.03. The minimum atomic E-state index is 0.371. The summed E-state index contributed by atoms with van der Waals surface area (Å²) in [4.78, 5) is 4.41. The number of aryl methyl sites for hydroxylation is 1. The Kier molecular flexibility index (Phi) is 3.73. The molecule has 0 spiro atoms. The molecular weight excluding hydrogens is 234 g/mol. The van der Waals surface area contributed by atoms with Crippen molar-refractivity contribution in [2.24, 2.45) is 0 Å². The molecule has 1 N–H and O–H groups in total. The molecule has 0 saturated carbocycles. The van der Waals surface area contributed by atoms with E-state index in [1.165, 1.54) is 11.5 Å².